The van der Waals surface area contributed by atoms with Crippen LogP contribution in [0, 0.1) is 6.92 Å². The number of amides is 1. The van der Waals surface area contributed by atoms with Crippen molar-refractivity contribution in [3.8, 4) is 5.75 Å². The highest BCUT2D eigenvalue weighted by atomic mass is 16.5. The van der Waals surface area contributed by atoms with E-state index in [4.69, 9.17) is 13.9 Å². The Hall–Kier alpha value is -2.41. The highest BCUT2D eigenvalue weighted by molar-refractivity contribution is 5.78. The van der Waals surface area contributed by atoms with Gasteiger partial charge in [0.05, 0.1) is 6.10 Å². The molecule has 1 amide bonds. The van der Waals surface area contributed by atoms with Crippen LogP contribution in [0.15, 0.2) is 22.6 Å². The van der Waals surface area contributed by atoms with Crippen LogP contribution in [0.1, 0.15) is 41.8 Å². The third-order valence-corrected chi connectivity index (χ3v) is 5.18. The summed E-state index contributed by atoms with van der Waals surface area (Å²) in [6.07, 6.45) is 4.00. The molecule has 7 heteroatoms. The Bertz CT molecular complexity index is 804. The molecule has 0 bridgehead atoms. The van der Waals surface area contributed by atoms with Gasteiger partial charge in [-0.1, -0.05) is 6.07 Å². The van der Waals surface area contributed by atoms with Crippen LogP contribution >= 0.6 is 0 Å². The second kappa shape index (κ2) is 7.07. The van der Waals surface area contributed by atoms with Gasteiger partial charge in [0.2, 0.25) is 11.8 Å². The van der Waals surface area contributed by atoms with Crippen LogP contribution in [0.4, 0.5) is 0 Å². The summed E-state index contributed by atoms with van der Waals surface area (Å²) in [6.45, 7) is 2.22. The number of hydrogen-bond donors (Lipinski definition) is 0. The maximum absolute atomic E-state index is 12.8. The standard InChI is InChI=1S/C19H23N3O4/c1-12-20-21-19(26-12)17-9-16(24-2)10-22(17)18(23)11-25-15-7-6-13-4-3-5-14(13)8-15/h6-8,16-17H,3-5,9-11H2,1-2H3/t16-,17+/m0/s1. The Morgan fingerprint density at radius 1 is 1.31 bits per heavy atom. The highest BCUT2D eigenvalue weighted by Gasteiger charge is 2.39. The van der Waals surface area contributed by atoms with Crippen molar-refractivity contribution in [2.45, 2.75) is 44.8 Å². The first-order valence-electron chi connectivity index (χ1n) is 9.01. The van der Waals surface area contributed by atoms with Gasteiger partial charge in [0.1, 0.15) is 11.8 Å². The number of aromatic nitrogens is 2. The molecule has 4 rings (SSSR count). The van der Waals surface area contributed by atoms with E-state index in [9.17, 15) is 4.79 Å². The van der Waals surface area contributed by atoms with Crippen molar-refractivity contribution < 1.29 is 18.7 Å². The van der Waals surface area contributed by atoms with Gasteiger partial charge in [0.15, 0.2) is 6.61 Å². The van der Waals surface area contributed by atoms with Crippen molar-refractivity contribution >= 4 is 5.91 Å². The number of carbonyl (C=O) groups is 1. The van der Waals surface area contributed by atoms with Crippen molar-refractivity contribution in [2.24, 2.45) is 0 Å². The fraction of sp³-hybridized carbons (Fsp3) is 0.526. The average molecular weight is 357 g/mol. The Kier molecular flexibility index (Phi) is 4.63. The summed E-state index contributed by atoms with van der Waals surface area (Å²) in [7, 11) is 1.65. The fourth-order valence-corrected chi connectivity index (χ4v) is 3.79. The molecule has 138 valence electrons. The Morgan fingerprint density at radius 3 is 2.92 bits per heavy atom. The van der Waals surface area contributed by atoms with Gasteiger partial charge in [0, 0.05) is 27.0 Å². The second-order valence-electron chi connectivity index (χ2n) is 6.89. The van der Waals surface area contributed by atoms with Gasteiger partial charge in [0.25, 0.3) is 5.91 Å². The van der Waals surface area contributed by atoms with Gasteiger partial charge in [-0.3, -0.25) is 4.79 Å². The summed E-state index contributed by atoms with van der Waals surface area (Å²) in [5.41, 5.74) is 2.72. The van der Waals surface area contributed by atoms with Crippen molar-refractivity contribution in [3.63, 3.8) is 0 Å². The lowest BCUT2D eigenvalue weighted by Gasteiger charge is -2.22. The number of aryl methyl sites for hydroxylation is 3. The number of carbonyl (C=O) groups excluding carboxylic acids is 1. The van der Waals surface area contributed by atoms with E-state index in [1.54, 1.807) is 18.9 Å². The molecule has 0 unspecified atom stereocenters. The van der Waals surface area contributed by atoms with E-state index in [-0.39, 0.29) is 24.7 Å². The highest BCUT2D eigenvalue weighted by Crippen LogP contribution is 2.33. The molecule has 0 saturated carbocycles. The zero-order valence-electron chi connectivity index (χ0n) is 15.1. The van der Waals surface area contributed by atoms with Crippen LogP contribution in [0.25, 0.3) is 0 Å². The Labute approximate surface area is 152 Å². The first kappa shape index (κ1) is 17.0. The van der Waals surface area contributed by atoms with Gasteiger partial charge in [-0.15, -0.1) is 10.2 Å². The lowest BCUT2D eigenvalue weighted by Crippen LogP contribution is -2.35. The minimum atomic E-state index is -0.266. The van der Waals surface area contributed by atoms with Crippen LogP contribution in [-0.2, 0) is 22.4 Å². The quantitative estimate of drug-likeness (QED) is 0.817. The molecule has 1 aliphatic heterocycles. The minimum Gasteiger partial charge on any atom is -0.484 e. The third-order valence-electron chi connectivity index (χ3n) is 5.18. The number of nitrogens with zero attached hydrogens (tertiary/aromatic N) is 3. The predicted molar refractivity (Wildman–Crippen MR) is 92.9 cm³/mol. The van der Waals surface area contributed by atoms with Gasteiger partial charge in [-0.25, -0.2) is 0 Å². The average Bonchev–Trinajstić information content (AvgIpc) is 3.37. The molecule has 2 heterocycles. The number of ether oxygens (including phenoxy) is 2. The Morgan fingerprint density at radius 2 is 2.15 bits per heavy atom. The number of rotatable bonds is 5. The zero-order chi connectivity index (χ0) is 18.1. The summed E-state index contributed by atoms with van der Waals surface area (Å²) < 4.78 is 16.7. The molecule has 26 heavy (non-hydrogen) atoms. The molecule has 7 nitrogen and oxygen atoms in total. The van der Waals surface area contributed by atoms with Gasteiger partial charge < -0.3 is 18.8 Å². The molecule has 2 atom stereocenters. The first-order valence-corrected chi connectivity index (χ1v) is 9.01. The summed E-state index contributed by atoms with van der Waals surface area (Å²) in [4.78, 5) is 14.5. The summed E-state index contributed by atoms with van der Waals surface area (Å²) >= 11 is 0. The fourth-order valence-electron chi connectivity index (χ4n) is 3.79. The summed E-state index contributed by atoms with van der Waals surface area (Å²) in [5, 5.41) is 7.96. The van der Waals surface area contributed by atoms with Crippen LogP contribution in [0.2, 0.25) is 0 Å². The van der Waals surface area contributed by atoms with Crippen LogP contribution < -0.4 is 4.74 Å². The van der Waals surface area contributed by atoms with E-state index >= 15 is 0 Å². The molecule has 1 aromatic heterocycles. The van der Waals surface area contributed by atoms with E-state index in [0.29, 0.717) is 24.7 Å². The number of methoxy groups -OCH3 is 1. The monoisotopic (exact) mass is 357 g/mol. The number of benzene rings is 1. The molecule has 0 spiro atoms. The molecule has 0 radical (unpaired) electrons. The van der Waals surface area contributed by atoms with Gasteiger partial charge in [-0.2, -0.15) is 0 Å². The first-order chi connectivity index (χ1) is 12.6. The van der Waals surface area contributed by atoms with Gasteiger partial charge >= 0.3 is 0 Å². The SMILES string of the molecule is CO[C@H]1C[C@H](c2nnc(C)o2)N(C(=O)COc2ccc3c(c2)CCC3)C1. The molecule has 1 aliphatic carbocycles. The molecular weight excluding hydrogens is 334 g/mol. The lowest BCUT2D eigenvalue weighted by atomic mass is 10.1. The van der Waals surface area contributed by atoms with E-state index < -0.39 is 0 Å². The van der Waals surface area contributed by atoms with Crippen LogP contribution in [0.5, 0.6) is 5.75 Å². The largest absolute Gasteiger partial charge is 0.484 e. The van der Waals surface area contributed by atoms with E-state index in [2.05, 4.69) is 22.3 Å². The molecule has 2 aromatic rings. The van der Waals surface area contributed by atoms with E-state index in [0.717, 1.165) is 18.6 Å². The van der Waals surface area contributed by atoms with Crippen molar-refractivity contribution in [1.29, 1.82) is 0 Å². The van der Waals surface area contributed by atoms with Crippen LogP contribution in [0.3, 0.4) is 0 Å². The normalized spacial score (nSPS) is 21.8. The predicted octanol–water partition coefficient (Wildman–Crippen LogP) is 2.23. The topological polar surface area (TPSA) is 77.7 Å². The summed E-state index contributed by atoms with van der Waals surface area (Å²) in [6, 6.07) is 5.83. The van der Waals surface area contributed by atoms with Gasteiger partial charge in [-0.05, 0) is 42.5 Å². The van der Waals surface area contributed by atoms with E-state index in [1.165, 1.54) is 17.5 Å². The van der Waals surface area contributed by atoms with E-state index in [1.807, 2.05) is 6.07 Å². The lowest BCUT2D eigenvalue weighted by molar-refractivity contribution is -0.135. The second-order valence-corrected chi connectivity index (χ2v) is 6.89. The van der Waals surface area contributed by atoms with Crippen molar-refractivity contribution in [3.05, 3.63) is 41.1 Å². The third kappa shape index (κ3) is 3.31. The Balaban J connectivity index is 1.43. The maximum atomic E-state index is 12.8. The van der Waals surface area contributed by atoms with Crippen molar-refractivity contribution in [2.75, 3.05) is 20.3 Å². The molecule has 0 N–H and O–H groups in total. The number of fused-ring (bicyclic) bond motifs is 1. The minimum absolute atomic E-state index is 0.0150. The van der Waals surface area contributed by atoms with Crippen molar-refractivity contribution in [1.82, 2.24) is 15.1 Å². The summed E-state index contributed by atoms with van der Waals surface area (Å²) in [5.74, 6) is 1.58. The van der Waals surface area contributed by atoms with Crippen LogP contribution in [-0.4, -0.2) is 47.4 Å². The molecule has 1 aromatic carbocycles. The molecular formula is C19H23N3O4. The number of likely N-dealkylation sites (tertiary alicyclic amines) is 1. The smallest absolute Gasteiger partial charge is 0.261 e. The number of hydrogen-bond acceptors (Lipinski definition) is 6. The molecule has 1 fully saturated rings. The maximum Gasteiger partial charge on any atom is 0.261 e. The molecule has 1 saturated heterocycles. The zero-order valence-corrected chi connectivity index (χ0v) is 15.1. The molecule has 2 aliphatic rings.